The summed E-state index contributed by atoms with van der Waals surface area (Å²) >= 11 is 0. The number of hydrogen-bond donors (Lipinski definition) is 1. The van der Waals surface area contributed by atoms with Gasteiger partial charge in [0, 0.05) is 44.8 Å². The van der Waals surface area contributed by atoms with E-state index < -0.39 is 6.04 Å². The molecule has 2 aliphatic heterocycles. The number of H-pyrrole nitrogens is 1. The minimum Gasteiger partial charge on any atom is -0.338 e. The Kier molecular flexibility index (Phi) is 5.75. The summed E-state index contributed by atoms with van der Waals surface area (Å²) < 4.78 is 0. The van der Waals surface area contributed by atoms with Gasteiger partial charge in [-0.25, -0.2) is 5.10 Å². The first-order valence-electron chi connectivity index (χ1n) is 10.5. The summed E-state index contributed by atoms with van der Waals surface area (Å²) in [6.45, 7) is 3.89. The fourth-order valence-electron chi connectivity index (χ4n) is 4.83. The molecule has 3 fully saturated rings. The van der Waals surface area contributed by atoms with Crippen molar-refractivity contribution in [2.75, 3.05) is 32.7 Å². The summed E-state index contributed by atoms with van der Waals surface area (Å²) in [5.74, 6) is -0.220. The van der Waals surface area contributed by atoms with Gasteiger partial charge in [-0.05, 0) is 38.2 Å². The molecule has 2 amide bonds. The molecule has 3 heterocycles. The van der Waals surface area contributed by atoms with Crippen molar-refractivity contribution in [3.63, 3.8) is 0 Å². The summed E-state index contributed by atoms with van der Waals surface area (Å²) in [4.78, 5) is 43.4. The number of amides is 2. The van der Waals surface area contributed by atoms with E-state index in [9.17, 15) is 14.4 Å². The van der Waals surface area contributed by atoms with Crippen LogP contribution in [0.25, 0.3) is 0 Å². The molecule has 0 aromatic carbocycles. The van der Waals surface area contributed by atoms with Gasteiger partial charge in [-0.1, -0.05) is 12.8 Å². The van der Waals surface area contributed by atoms with Crippen LogP contribution in [0.1, 0.15) is 55.4 Å². The number of aromatic nitrogens is 2. The highest BCUT2D eigenvalue weighted by Gasteiger charge is 2.37. The van der Waals surface area contributed by atoms with Crippen LogP contribution in [-0.4, -0.2) is 81.5 Å². The number of nitrogens with zero attached hydrogens (tertiary/aromatic N) is 4. The summed E-state index contributed by atoms with van der Waals surface area (Å²) in [5.41, 5.74) is -0.159. The SMILES string of the molecule is O=C(C1CCCCN1C(=O)c1ccc(=O)[nH]n1)N1CCN(C2CCCC2)CC1. The van der Waals surface area contributed by atoms with E-state index in [1.807, 2.05) is 4.90 Å². The smallest absolute Gasteiger partial charge is 0.274 e. The number of likely N-dealkylation sites (tertiary alicyclic amines) is 1. The van der Waals surface area contributed by atoms with Gasteiger partial charge in [0.2, 0.25) is 5.91 Å². The van der Waals surface area contributed by atoms with Crippen molar-refractivity contribution in [1.29, 1.82) is 0 Å². The van der Waals surface area contributed by atoms with Gasteiger partial charge in [-0.15, -0.1) is 0 Å². The predicted molar refractivity (Wildman–Crippen MR) is 104 cm³/mol. The third kappa shape index (κ3) is 3.97. The molecule has 1 saturated carbocycles. The average Bonchev–Trinajstić information content (AvgIpc) is 3.28. The number of carbonyl (C=O) groups is 2. The summed E-state index contributed by atoms with van der Waals surface area (Å²) in [7, 11) is 0. The van der Waals surface area contributed by atoms with Gasteiger partial charge in [0.05, 0.1) is 0 Å². The largest absolute Gasteiger partial charge is 0.338 e. The molecule has 3 aliphatic rings. The topological polar surface area (TPSA) is 89.6 Å². The molecule has 1 atom stereocenters. The van der Waals surface area contributed by atoms with Gasteiger partial charge >= 0.3 is 0 Å². The first-order chi connectivity index (χ1) is 13.6. The number of aromatic amines is 1. The molecule has 1 aromatic rings. The predicted octanol–water partition coefficient (Wildman–Crippen LogP) is 0.851. The minimum absolute atomic E-state index is 0.0588. The lowest BCUT2D eigenvalue weighted by molar-refractivity contribution is -0.139. The number of rotatable bonds is 3. The average molecular weight is 387 g/mol. The van der Waals surface area contributed by atoms with Crippen LogP contribution in [0.5, 0.6) is 0 Å². The van der Waals surface area contributed by atoms with Crippen molar-refractivity contribution in [2.45, 2.75) is 57.0 Å². The lowest BCUT2D eigenvalue weighted by Crippen LogP contribution is -2.58. The molecule has 28 heavy (non-hydrogen) atoms. The third-order valence-corrected chi connectivity index (χ3v) is 6.41. The maximum Gasteiger partial charge on any atom is 0.274 e. The number of hydrogen-bond acceptors (Lipinski definition) is 5. The minimum atomic E-state index is -0.423. The zero-order chi connectivity index (χ0) is 19.5. The monoisotopic (exact) mass is 387 g/mol. The van der Waals surface area contributed by atoms with Gasteiger partial charge in [0.15, 0.2) is 0 Å². The lowest BCUT2D eigenvalue weighted by atomic mass is 9.99. The summed E-state index contributed by atoms with van der Waals surface area (Å²) in [6.07, 6.45) is 7.73. The second-order valence-electron chi connectivity index (χ2n) is 8.12. The van der Waals surface area contributed by atoms with Crippen molar-refractivity contribution in [2.24, 2.45) is 0 Å². The molecular weight excluding hydrogens is 358 g/mol. The standard InChI is InChI=1S/C20H29N5O3/c26-18-9-8-16(21-22-18)19(27)25-10-4-3-7-17(25)20(28)24-13-11-23(12-14-24)15-5-1-2-6-15/h8-9,15,17H,1-7,10-14H2,(H,22,26). The highest BCUT2D eigenvalue weighted by atomic mass is 16.2. The Balaban J connectivity index is 1.41. The van der Waals surface area contributed by atoms with E-state index in [2.05, 4.69) is 15.1 Å². The van der Waals surface area contributed by atoms with Crippen molar-refractivity contribution in [1.82, 2.24) is 24.9 Å². The highest BCUT2D eigenvalue weighted by molar-refractivity contribution is 5.96. The van der Waals surface area contributed by atoms with Gasteiger partial charge < -0.3 is 9.80 Å². The molecule has 1 unspecified atom stereocenters. The Bertz CT molecular complexity index is 745. The number of piperazine rings is 1. The number of carbonyl (C=O) groups excluding carboxylic acids is 2. The molecule has 0 spiro atoms. The van der Waals surface area contributed by atoms with Crippen LogP contribution in [0, 0.1) is 0 Å². The maximum absolute atomic E-state index is 13.2. The Hall–Kier alpha value is -2.22. The van der Waals surface area contributed by atoms with E-state index in [1.165, 1.54) is 37.8 Å². The van der Waals surface area contributed by atoms with Crippen LogP contribution in [0.3, 0.4) is 0 Å². The molecule has 0 radical (unpaired) electrons. The molecule has 152 valence electrons. The van der Waals surface area contributed by atoms with Crippen molar-refractivity contribution < 1.29 is 9.59 Å². The fourth-order valence-corrected chi connectivity index (χ4v) is 4.83. The van der Waals surface area contributed by atoms with Crippen LogP contribution < -0.4 is 5.56 Å². The van der Waals surface area contributed by atoms with Crippen LogP contribution in [0.15, 0.2) is 16.9 Å². The van der Waals surface area contributed by atoms with Crippen LogP contribution in [-0.2, 0) is 4.79 Å². The van der Waals surface area contributed by atoms with E-state index in [0.29, 0.717) is 19.0 Å². The van der Waals surface area contributed by atoms with E-state index in [-0.39, 0.29) is 23.1 Å². The van der Waals surface area contributed by atoms with Gasteiger partial charge in [-0.3, -0.25) is 19.3 Å². The zero-order valence-electron chi connectivity index (χ0n) is 16.3. The molecule has 4 rings (SSSR count). The Morgan fingerprint density at radius 3 is 2.32 bits per heavy atom. The van der Waals surface area contributed by atoms with E-state index >= 15 is 0 Å². The highest BCUT2D eigenvalue weighted by Crippen LogP contribution is 2.25. The second kappa shape index (κ2) is 8.43. The zero-order valence-corrected chi connectivity index (χ0v) is 16.3. The normalized spacial score (nSPS) is 24.5. The fraction of sp³-hybridized carbons (Fsp3) is 0.700. The molecule has 0 bridgehead atoms. The second-order valence-corrected chi connectivity index (χ2v) is 8.12. The Morgan fingerprint density at radius 1 is 0.929 bits per heavy atom. The van der Waals surface area contributed by atoms with Crippen LogP contribution in [0.2, 0.25) is 0 Å². The van der Waals surface area contributed by atoms with Crippen molar-refractivity contribution in [3.8, 4) is 0 Å². The van der Waals surface area contributed by atoms with Crippen molar-refractivity contribution >= 4 is 11.8 Å². The molecule has 8 nitrogen and oxygen atoms in total. The summed E-state index contributed by atoms with van der Waals surface area (Å²) in [5, 5.41) is 6.16. The Morgan fingerprint density at radius 2 is 1.64 bits per heavy atom. The lowest BCUT2D eigenvalue weighted by Gasteiger charge is -2.42. The molecule has 1 aromatic heterocycles. The van der Waals surface area contributed by atoms with E-state index in [4.69, 9.17) is 0 Å². The quantitative estimate of drug-likeness (QED) is 0.831. The third-order valence-electron chi connectivity index (χ3n) is 6.41. The molecule has 1 N–H and O–H groups in total. The maximum atomic E-state index is 13.2. The van der Waals surface area contributed by atoms with Crippen LogP contribution >= 0.6 is 0 Å². The van der Waals surface area contributed by atoms with E-state index in [0.717, 1.165) is 39.0 Å². The molecular formula is C20H29N5O3. The van der Waals surface area contributed by atoms with Gasteiger partial charge in [0.25, 0.3) is 11.5 Å². The Labute approximate surface area is 164 Å². The number of piperidine rings is 1. The first kappa shape index (κ1) is 19.1. The van der Waals surface area contributed by atoms with Gasteiger partial charge in [-0.2, -0.15) is 5.10 Å². The molecule has 8 heteroatoms. The molecule has 1 aliphatic carbocycles. The van der Waals surface area contributed by atoms with Crippen LogP contribution in [0.4, 0.5) is 0 Å². The van der Waals surface area contributed by atoms with Crippen molar-refractivity contribution in [3.05, 3.63) is 28.2 Å². The summed E-state index contributed by atoms with van der Waals surface area (Å²) in [6, 6.07) is 2.99. The van der Waals surface area contributed by atoms with Gasteiger partial charge in [0.1, 0.15) is 11.7 Å². The number of nitrogens with one attached hydrogen (secondary N) is 1. The van der Waals surface area contributed by atoms with E-state index in [1.54, 1.807) is 4.90 Å². The molecule has 2 saturated heterocycles. The first-order valence-corrected chi connectivity index (χ1v) is 10.5.